The lowest BCUT2D eigenvalue weighted by molar-refractivity contribution is 0.0659. The third-order valence-corrected chi connectivity index (χ3v) is 2.84. The first-order valence-electron chi connectivity index (χ1n) is 6.57. The van der Waals surface area contributed by atoms with Crippen LogP contribution in [0.1, 0.15) is 41.6 Å². The number of nitrogens with zero attached hydrogens (tertiary/aromatic N) is 1. The van der Waals surface area contributed by atoms with E-state index in [-0.39, 0.29) is 5.76 Å². The number of aromatic carboxylic acids is 1. The van der Waals surface area contributed by atoms with E-state index in [1.165, 1.54) is 0 Å². The Bertz CT molecular complexity index is 586. The molecule has 0 aliphatic carbocycles. The minimum atomic E-state index is -1.09. The number of benzene rings is 1. The second-order valence-corrected chi connectivity index (χ2v) is 4.30. The first-order chi connectivity index (χ1) is 9.63. The fourth-order valence-electron chi connectivity index (χ4n) is 1.90. The van der Waals surface area contributed by atoms with Gasteiger partial charge in [0.05, 0.1) is 12.3 Å². The van der Waals surface area contributed by atoms with E-state index in [1.807, 2.05) is 38.1 Å². The number of rotatable bonds is 6. The summed E-state index contributed by atoms with van der Waals surface area (Å²) < 4.78 is 10.6. The zero-order valence-electron chi connectivity index (χ0n) is 11.5. The van der Waals surface area contributed by atoms with Crippen LogP contribution in [-0.4, -0.2) is 22.7 Å². The molecule has 106 valence electrons. The largest absolute Gasteiger partial charge is 0.494 e. The molecule has 0 aliphatic heterocycles. The summed E-state index contributed by atoms with van der Waals surface area (Å²) in [5, 5.41) is 9.11. The van der Waals surface area contributed by atoms with E-state index in [9.17, 15) is 4.79 Å². The number of carboxylic acids is 1. The molecule has 0 saturated heterocycles. The average Bonchev–Trinajstić information content (AvgIpc) is 2.84. The molecule has 1 N–H and O–H groups in total. The number of carbonyl (C=O) groups is 1. The van der Waals surface area contributed by atoms with Crippen LogP contribution in [0.2, 0.25) is 0 Å². The fraction of sp³-hybridized carbons (Fsp3) is 0.333. The predicted molar refractivity (Wildman–Crippen MR) is 73.3 cm³/mol. The van der Waals surface area contributed by atoms with Crippen LogP contribution in [-0.2, 0) is 12.8 Å². The zero-order valence-corrected chi connectivity index (χ0v) is 11.5. The Morgan fingerprint density at radius 2 is 2.00 bits per heavy atom. The minimum Gasteiger partial charge on any atom is -0.494 e. The van der Waals surface area contributed by atoms with Crippen molar-refractivity contribution < 1.29 is 19.1 Å². The highest BCUT2D eigenvalue weighted by Gasteiger charge is 2.18. The molecule has 0 bridgehead atoms. The summed E-state index contributed by atoms with van der Waals surface area (Å²) in [6, 6.07) is 7.52. The lowest BCUT2D eigenvalue weighted by atomic mass is 10.1. The van der Waals surface area contributed by atoms with Crippen LogP contribution in [0.5, 0.6) is 5.75 Å². The molecule has 5 heteroatoms. The number of aromatic nitrogens is 1. The number of hydrogen-bond donors (Lipinski definition) is 1. The molecule has 1 aromatic heterocycles. The van der Waals surface area contributed by atoms with Gasteiger partial charge >= 0.3 is 5.97 Å². The lowest BCUT2D eigenvalue weighted by Crippen LogP contribution is -2.01. The molecule has 1 heterocycles. The Labute approximate surface area is 117 Å². The Morgan fingerprint density at radius 3 is 2.55 bits per heavy atom. The summed E-state index contributed by atoms with van der Waals surface area (Å²) in [7, 11) is 0. The molecule has 0 amide bonds. The van der Waals surface area contributed by atoms with E-state index in [0.29, 0.717) is 31.0 Å². The van der Waals surface area contributed by atoms with E-state index in [0.717, 1.165) is 11.3 Å². The molecule has 0 atom stereocenters. The maximum absolute atomic E-state index is 11.1. The highest BCUT2D eigenvalue weighted by molar-refractivity contribution is 5.85. The van der Waals surface area contributed by atoms with Gasteiger partial charge in [-0.1, -0.05) is 19.1 Å². The van der Waals surface area contributed by atoms with Crippen molar-refractivity contribution in [3.05, 3.63) is 47.2 Å². The van der Waals surface area contributed by atoms with Crippen LogP contribution >= 0.6 is 0 Å². The summed E-state index contributed by atoms with van der Waals surface area (Å²) in [6.45, 7) is 4.42. The van der Waals surface area contributed by atoms with Crippen molar-refractivity contribution in [3.8, 4) is 5.75 Å². The van der Waals surface area contributed by atoms with Crippen LogP contribution in [0.4, 0.5) is 0 Å². The van der Waals surface area contributed by atoms with Gasteiger partial charge in [0, 0.05) is 12.8 Å². The quantitative estimate of drug-likeness (QED) is 0.877. The Balaban J connectivity index is 2.20. The number of carboxylic acid groups (broad SMARTS) is 1. The van der Waals surface area contributed by atoms with Crippen LogP contribution in [0.15, 0.2) is 28.7 Å². The van der Waals surface area contributed by atoms with Crippen LogP contribution < -0.4 is 4.74 Å². The normalized spacial score (nSPS) is 10.5. The zero-order chi connectivity index (χ0) is 14.5. The average molecular weight is 275 g/mol. The summed E-state index contributed by atoms with van der Waals surface area (Å²) in [6.07, 6.45) is 1.00. The number of aryl methyl sites for hydroxylation is 1. The predicted octanol–water partition coefficient (Wildman–Crippen LogP) is 2.92. The molecule has 1 aromatic carbocycles. The molecular formula is C15H17NO4. The molecule has 2 aromatic rings. The molecule has 0 fully saturated rings. The van der Waals surface area contributed by atoms with Crippen molar-refractivity contribution in [1.29, 1.82) is 0 Å². The van der Waals surface area contributed by atoms with Crippen LogP contribution in [0.3, 0.4) is 0 Å². The smallest absolute Gasteiger partial charge is 0.373 e. The Kier molecular flexibility index (Phi) is 4.40. The van der Waals surface area contributed by atoms with Crippen molar-refractivity contribution in [2.45, 2.75) is 26.7 Å². The SMILES string of the molecule is CCOc1ccc(Cc2nc(CC)oc2C(=O)O)cc1. The van der Waals surface area contributed by atoms with Crippen molar-refractivity contribution in [2.75, 3.05) is 6.61 Å². The number of hydrogen-bond acceptors (Lipinski definition) is 4. The standard InChI is InChI=1S/C15H17NO4/c1-3-13-16-12(14(20-13)15(17)18)9-10-5-7-11(8-6-10)19-4-2/h5-8H,3-4,9H2,1-2H3,(H,17,18). The molecular weight excluding hydrogens is 258 g/mol. The summed E-state index contributed by atoms with van der Waals surface area (Å²) >= 11 is 0. The van der Waals surface area contributed by atoms with Crippen molar-refractivity contribution in [3.63, 3.8) is 0 Å². The van der Waals surface area contributed by atoms with Gasteiger partial charge in [-0.25, -0.2) is 9.78 Å². The Hall–Kier alpha value is -2.30. The molecule has 20 heavy (non-hydrogen) atoms. The van der Waals surface area contributed by atoms with Gasteiger partial charge in [0.2, 0.25) is 5.76 Å². The lowest BCUT2D eigenvalue weighted by Gasteiger charge is -2.04. The van der Waals surface area contributed by atoms with Gasteiger partial charge in [-0.15, -0.1) is 0 Å². The third kappa shape index (κ3) is 3.17. The molecule has 0 spiro atoms. The maximum Gasteiger partial charge on any atom is 0.373 e. The maximum atomic E-state index is 11.1. The summed E-state index contributed by atoms with van der Waals surface area (Å²) in [4.78, 5) is 15.4. The van der Waals surface area contributed by atoms with Crippen molar-refractivity contribution in [1.82, 2.24) is 4.98 Å². The first-order valence-corrected chi connectivity index (χ1v) is 6.57. The van der Waals surface area contributed by atoms with E-state index < -0.39 is 5.97 Å². The third-order valence-electron chi connectivity index (χ3n) is 2.84. The second-order valence-electron chi connectivity index (χ2n) is 4.30. The summed E-state index contributed by atoms with van der Waals surface area (Å²) in [5.41, 5.74) is 1.42. The van der Waals surface area contributed by atoms with Gasteiger partial charge in [0.15, 0.2) is 5.89 Å². The molecule has 0 unspecified atom stereocenters. The first kappa shape index (κ1) is 14.1. The van der Waals surface area contributed by atoms with E-state index >= 15 is 0 Å². The Morgan fingerprint density at radius 1 is 1.30 bits per heavy atom. The van der Waals surface area contributed by atoms with E-state index in [4.69, 9.17) is 14.3 Å². The van der Waals surface area contributed by atoms with Gasteiger partial charge < -0.3 is 14.3 Å². The fourth-order valence-corrected chi connectivity index (χ4v) is 1.90. The highest BCUT2D eigenvalue weighted by Crippen LogP contribution is 2.18. The number of oxazole rings is 1. The van der Waals surface area contributed by atoms with Crippen molar-refractivity contribution in [2.24, 2.45) is 0 Å². The topological polar surface area (TPSA) is 72.6 Å². The van der Waals surface area contributed by atoms with Gasteiger partial charge in [0.1, 0.15) is 5.75 Å². The number of ether oxygens (including phenoxy) is 1. The minimum absolute atomic E-state index is 0.0734. The van der Waals surface area contributed by atoms with E-state index in [2.05, 4.69) is 4.98 Å². The van der Waals surface area contributed by atoms with Crippen molar-refractivity contribution >= 4 is 5.97 Å². The molecule has 5 nitrogen and oxygen atoms in total. The second kappa shape index (κ2) is 6.23. The van der Waals surface area contributed by atoms with Gasteiger partial charge in [-0.05, 0) is 24.6 Å². The van der Waals surface area contributed by atoms with Gasteiger partial charge in [-0.2, -0.15) is 0 Å². The summed E-state index contributed by atoms with van der Waals surface area (Å²) in [5.74, 6) is 0.0846. The van der Waals surface area contributed by atoms with Crippen LogP contribution in [0.25, 0.3) is 0 Å². The van der Waals surface area contributed by atoms with Crippen LogP contribution in [0, 0.1) is 0 Å². The monoisotopic (exact) mass is 275 g/mol. The molecule has 0 saturated carbocycles. The molecule has 0 aliphatic rings. The molecule has 2 rings (SSSR count). The van der Waals surface area contributed by atoms with Gasteiger partial charge in [0.25, 0.3) is 0 Å². The highest BCUT2D eigenvalue weighted by atomic mass is 16.5. The van der Waals surface area contributed by atoms with Gasteiger partial charge in [-0.3, -0.25) is 0 Å². The molecule has 0 radical (unpaired) electrons. The van der Waals surface area contributed by atoms with E-state index in [1.54, 1.807) is 0 Å².